The molecule has 24 heavy (non-hydrogen) atoms. The van der Waals surface area contributed by atoms with Crippen molar-refractivity contribution in [2.75, 3.05) is 12.4 Å². The molecular weight excluding hydrogens is 372 g/mol. The Bertz CT molecular complexity index is 947. The summed E-state index contributed by atoms with van der Waals surface area (Å²) in [5.74, 6) is -0.657. The Morgan fingerprint density at radius 2 is 1.96 bits per heavy atom. The van der Waals surface area contributed by atoms with Crippen LogP contribution in [0.4, 0.5) is 5.69 Å². The van der Waals surface area contributed by atoms with Crippen LogP contribution in [-0.2, 0) is 4.79 Å². The van der Waals surface area contributed by atoms with Gasteiger partial charge in [-0.3, -0.25) is 9.59 Å². The van der Waals surface area contributed by atoms with Crippen molar-refractivity contribution in [3.63, 3.8) is 0 Å². The number of fused-ring (bicyclic) bond motifs is 1. The van der Waals surface area contributed by atoms with E-state index >= 15 is 0 Å². The zero-order chi connectivity index (χ0) is 17.3. The quantitative estimate of drug-likeness (QED) is 0.524. The second kappa shape index (κ2) is 6.49. The number of Topliss-reactive ketones (excluding diaryl/α,β-unsaturated/α-hetero) is 1. The van der Waals surface area contributed by atoms with E-state index in [1.165, 1.54) is 0 Å². The lowest BCUT2D eigenvalue weighted by Gasteiger charge is -2.06. The molecule has 0 radical (unpaired) electrons. The first kappa shape index (κ1) is 16.3. The van der Waals surface area contributed by atoms with Gasteiger partial charge in [-0.05, 0) is 48.9 Å². The van der Waals surface area contributed by atoms with Gasteiger partial charge in [0.1, 0.15) is 5.75 Å². The van der Waals surface area contributed by atoms with Gasteiger partial charge in [-0.15, -0.1) is 0 Å². The fourth-order valence-corrected chi connectivity index (χ4v) is 2.69. The molecule has 1 heterocycles. The SMILES string of the molecule is COc1ccc2[nH]cc(C(=O)C(=O)Nc3ccc(Br)c(C)c3)c2c1. The molecule has 0 fully saturated rings. The van der Waals surface area contributed by atoms with Gasteiger partial charge in [-0.1, -0.05) is 15.9 Å². The average Bonchev–Trinajstić information content (AvgIpc) is 3.00. The number of benzene rings is 2. The minimum atomic E-state index is -0.680. The molecule has 0 aliphatic heterocycles. The number of carbonyl (C=O) groups is 2. The van der Waals surface area contributed by atoms with E-state index in [4.69, 9.17) is 4.74 Å². The van der Waals surface area contributed by atoms with Gasteiger partial charge >= 0.3 is 0 Å². The highest BCUT2D eigenvalue weighted by Gasteiger charge is 2.20. The van der Waals surface area contributed by atoms with E-state index in [1.807, 2.05) is 13.0 Å². The number of aryl methyl sites for hydroxylation is 1. The highest BCUT2D eigenvalue weighted by Crippen LogP contribution is 2.25. The Balaban J connectivity index is 1.88. The molecule has 0 atom stereocenters. The van der Waals surface area contributed by atoms with Crippen LogP contribution in [0.2, 0.25) is 0 Å². The van der Waals surface area contributed by atoms with Gasteiger partial charge in [-0.2, -0.15) is 0 Å². The number of H-pyrrole nitrogens is 1. The van der Waals surface area contributed by atoms with Crippen LogP contribution >= 0.6 is 15.9 Å². The van der Waals surface area contributed by atoms with Crippen molar-refractivity contribution in [2.45, 2.75) is 6.92 Å². The van der Waals surface area contributed by atoms with E-state index in [-0.39, 0.29) is 0 Å². The number of aromatic nitrogens is 1. The third kappa shape index (κ3) is 3.05. The summed E-state index contributed by atoms with van der Waals surface area (Å²) in [6, 6.07) is 10.7. The fourth-order valence-electron chi connectivity index (χ4n) is 2.45. The second-order valence-electron chi connectivity index (χ2n) is 5.36. The predicted octanol–water partition coefficient (Wildman–Crippen LogP) is 4.07. The molecule has 0 aliphatic rings. The monoisotopic (exact) mass is 386 g/mol. The number of hydrogen-bond donors (Lipinski definition) is 2. The maximum absolute atomic E-state index is 12.5. The van der Waals surface area contributed by atoms with Crippen molar-refractivity contribution in [1.29, 1.82) is 0 Å². The Morgan fingerprint density at radius 3 is 2.67 bits per heavy atom. The van der Waals surface area contributed by atoms with E-state index in [9.17, 15) is 9.59 Å². The summed E-state index contributed by atoms with van der Waals surface area (Å²) in [6.07, 6.45) is 1.54. The molecule has 0 unspecified atom stereocenters. The summed E-state index contributed by atoms with van der Waals surface area (Å²) >= 11 is 3.40. The summed E-state index contributed by atoms with van der Waals surface area (Å²) in [5.41, 5.74) is 2.63. The van der Waals surface area contributed by atoms with Gasteiger partial charge in [0.05, 0.1) is 12.7 Å². The van der Waals surface area contributed by atoms with Gasteiger partial charge < -0.3 is 15.0 Å². The van der Waals surface area contributed by atoms with Crippen molar-refractivity contribution in [3.05, 3.63) is 58.2 Å². The minimum absolute atomic E-state index is 0.315. The third-order valence-electron chi connectivity index (χ3n) is 3.76. The van der Waals surface area contributed by atoms with Gasteiger partial charge in [0.15, 0.2) is 0 Å². The molecule has 0 bridgehead atoms. The summed E-state index contributed by atoms with van der Waals surface area (Å²) in [5, 5.41) is 3.29. The molecule has 122 valence electrons. The van der Waals surface area contributed by atoms with E-state index < -0.39 is 11.7 Å². The van der Waals surface area contributed by atoms with E-state index in [0.717, 1.165) is 15.6 Å². The zero-order valence-corrected chi connectivity index (χ0v) is 14.7. The smallest absolute Gasteiger partial charge is 0.296 e. The highest BCUT2D eigenvalue weighted by atomic mass is 79.9. The number of hydrogen-bond acceptors (Lipinski definition) is 3. The lowest BCUT2D eigenvalue weighted by atomic mass is 10.1. The van der Waals surface area contributed by atoms with Crippen LogP contribution in [0.3, 0.4) is 0 Å². The molecular formula is C18H15BrN2O3. The molecule has 1 amide bonds. The molecule has 1 aromatic heterocycles. The van der Waals surface area contributed by atoms with Crippen LogP contribution in [0.15, 0.2) is 47.1 Å². The maximum Gasteiger partial charge on any atom is 0.296 e. The number of ketones is 1. The van der Waals surface area contributed by atoms with E-state index in [2.05, 4.69) is 26.2 Å². The van der Waals surface area contributed by atoms with Crippen LogP contribution in [0, 0.1) is 6.92 Å². The van der Waals surface area contributed by atoms with Gasteiger partial charge in [0.2, 0.25) is 0 Å². The standard InChI is InChI=1S/C18H15BrN2O3/c1-10-7-11(3-5-15(10)19)21-18(23)17(22)14-9-20-16-6-4-12(24-2)8-13(14)16/h3-9,20H,1-2H3,(H,21,23). The lowest BCUT2D eigenvalue weighted by molar-refractivity contribution is -0.112. The number of amides is 1. The molecule has 5 nitrogen and oxygen atoms in total. The fraction of sp³-hybridized carbons (Fsp3) is 0.111. The van der Waals surface area contributed by atoms with Gasteiger partial charge in [0, 0.05) is 27.3 Å². The minimum Gasteiger partial charge on any atom is -0.497 e. The van der Waals surface area contributed by atoms with Crippen LogP contribution in [0.25, 0.3) is 10.9 Å². The van der Waals surface area contributed by atoms with Crippen LogP contribution < -0.4 is 10.1 Å². The van der Waals surface area contributed by atoms with Crippen molar-refractivity contribution < 1.29 is 14.3 Å². The maximum atomic E-state index is 12.5. The van der Waals surface area contributed by atoms with Gasteiger partial charge in [0.25, 0.3) is 11.7 Å². The first-order chi connectivity index (χ1) is 11.5. The number of halogens is 1. The second-order valence-corrected chi connectivity index (χ2v) is 6.22. The Morgan fingerprint density at radius 1 is 1.17 bits per heavy atom. The van der Waals surface area contributed by atoms with Gasteiger partial charge in [-0.25, -0.2) is 0 Å². The van der Waals surface area contributed by atoms with Crippen LogP contribution in [-0.4, -0.2) is 23.8 Å². The van der Waals surface area contributed by atoms with Crippen molar-refractivity contribution in [3.8, 4) is 5.75 Å². The topological polar surface area (TPSA) is 71.2 Å². The molecule has 0 saturated heterocycles. The summed E-state index contributed by atoms with van der Waals surface area (Å²) in [7, 11) is 1.55. The molecule has 0 saturated carbocycles. The summed E-state index contributed by atoms with van der Waals surface area (Å²) < 4.78 is 6.12. The normalized spacial score (nSPS) is 10.6. The summed E-state index contributed by atoms with van der Waals surface area (Å²) in [6.45, 7) is 1.91. The number of anilines is 1. The highest BCUT2D eigenvalue weighted by molar-refractivity contribution is 9.10. The average molecular weight is 387 g/mol. The zero-order valence-electron chi connectivity index (χ0n) is 13.1. The van der Waals surface area contributed by atoms with Crippen molar-refractivity contribution in [2.24, 2.45) is 0 Å². The Hall–Kier alpha value is -2.60. The van der Waals surface area contributed by atoms with Crippen molar-refractivity contribution >= 4 is 44.2 Å². The third-order valence-corrected chi connectivity index (χ3v) is 4.65. The number of rotatable bonds is 4. The molecule has 0 spiro atoms. The van der Waals surface area contributed by atoms with Crippen LogP contribution in [0.5, 0.6) is 5.75 Å². The molecule has 0 aliphatic carbocycles. The first-order valence-corrected chi connectivity index (χ1v) is 8.06. The molecule has 2 N–H and O–H groups in total. The molecule has 2 aromatic carbocycles. The molecule has 3 aromatic rings. The number of nitrogens with one attached hydrogen (secondary N) is 2. The van der Waals surface area contributed by atoms with E-state index in [0.29, 0.717) is 22.4 Å². The number of methoxy groups -OCH3 is 1. The summed E-state index contributed by atoms with van der Waals surface area (Å²) in [4.78, 5) is 27.8. The largest absolute Gasteiger partial charge is 0.497 e. The predicted molar refractivity (Wildman–Crippen MR) is 96.7 cm³/mol. The molecule has 6 heteroatoms. The number of ether oxygens (including phenoxy) is 1. The van der Waals surface area contributed by atoms with Crippen molar-refractivity contribution in [1.82, 2.24) is 4.98 Å². The van der Waals surface area contributed by atoms with Crippen LogP contribution in [0.1, 0.15) is 15.9 Å². The number of aromatic amines is 1. The first-order valence-electron chi connectivity index (χ1n) is 7.26. The van der Waals surface area contributed by atoms with E-state index in [1.54, 1.807) is 43.6 Å². The lowest BCUT2D eigenvalue weighted by Crippen LogP contribution is -2.22. The molecule has 3 rings (SSSR count). The Kier molecular flexibility index (Phi) is 4.40. The number of carbonyl (C=O) groups excluding carboxylic acids is 2. The Labute approximate surface area is 147 Å².